The highest BCUT2D eigenvalue weighted by atomic mass is 32.2. The van der Waals surface area contributed by atoms with Crippen molar-refractivity contribution >= 4 is 27.3 Å². The number of nitrogens with one attached hydrogen (secondary N) is 1. The summed E-state index contributed by atoms with van der Waals surface area (Å²) in [7, 11) is -3.29. The van der Waals surface area contributed by atoms with Gasteiger partial charge in [0.2, 0.25) is 10.0 Å². The summed E-state index contributed by atoms with van der Waals surface area (Å²) in [5.74, 6) is -0.206. The van der Waals surface area contributed by atoms with Crippen LogP contribution >= 0.6 is 0 Å². The summed E-state index contributed by atoms with van der Waals surface area (Å²) in [6.45, 7) is 0.744. The Morgan fingerprint density at radius 2 is 2.12 bits per heavy atom. The summed E-state index contributed by atoms with van der Waals surface area (Å²) >= 11 is 0. The molecule has 1 N–H and O–H groups in total. The van der Waals surface area contributed by atoms with Crippen LogP contribution in [0.1, 0.15) is 21.6 Å². The fourth-order valence-corrected chi connectivity index (χ4v) is 4.16. The summed E-state index contributed by atoms with van der Waals surface area (Å²) in [5, 5.41) is 2.86. The zero-order valence-corrected chi connectivity index (χ0v) is 15.0. The molecule has 0 radical (unpaired) electrons. The Balaban J connectivity index is 1.49. The number of anilines is 1. The number of hydrogen-bond donors (Lipinski definition) is 1. The van der Waals surface area contributed by atoms with Crippen molar-refractivity contribution in [1.82, 2.24) is 14.7 Å². The van der Waals surface area contributed by atoms with Crippen LogP contribution in [-0.4, -0.2) is 36.5 Å². The van der Waals surface area contributed by atoms with E-state index in [-0.39, 0.29) is 5.91 Å². The maximum absolute atomic E-state index is 12.4. The van der Waals surface area contributed by atoms with Crippen molar-refractivity contribution in [3.05, 3.63) is 65.6 Å². The van der Waals surface area contributed by atoms with E-state index in [4.69, 9.17) is 0 Å². The average molecular weight is 370 g/mol. The Hall–Kier alpha value is -2.87. The van der Waals surface area contributed by atoms with Crippen LogP contribution in [0.3, 0.4) is 0 Å². The Morgan fingerprint density at radius 1 is 1.27 bits per heavy atom. The third-order valence-corrected chi connectivity index (χ3v) is 5.62. The van der Waals surface area contributed by atoms with Crippen LogP contribution in [0.5, 0.6) is 0 Å². The standard InChI is InChI=1S/C18H18N4O3S/c1-26(24,25)22-9-7-13-10-14(5-6-16(13)22)18(23)19-11-15-12-21-8-3-2-4-17(21)20-15/h2-6,8,10,12H,7,9,11H2,1H3,(H,19,23). The summed E-state index contributed by atoms with van der Waals surface area (Å²) in [4.78, 5) is 16.9. The molecular weight excluding hydrogens is 352 g/mol. The van der Waals surface area contributed by atoms with Crippen LogP contribution in [0.15, 0.2) is 48.8 Å². The molecule has 0 spiro atoms. The highest BCUT2D eigenvalue weighted by molar-refractivity contribution is 7.92. The minimum atomic E-state index is -3.29. The largest absolute Gasteiger partial charge is 0.346 e. The molecule has 0 fully saturated rings. The van der Waals surface area contributed by atoms with Crippen LogP contribution in [0.2, 0.25) is 0 Å². The first-order valence-corrected chi connectivity index (χ1v) is 10.1. The van der Waals surface area contributed by atoms with Crippen LogP contribution in [-0.2, 0) is 23.0 Å². The number of imidazole rings is 1. The maximum atomic E-state index is 12.4. The zero-order valence-electron chi connectivity index (χ0n) is 14.2. The van der Waals surface area contributed by atoms with Crippen molar-refractivity contribution in [3.63, 3.8) is 0 Å². The number of fused-ring (bicyclic) bond motifs is 2. The van der Waals surface area contributed by atoms with Gasteiger partial charge in [0.05, 0.1) is 24.2 Å². The average Bonchev–Trinajstić information content (AvgIpc) is 3.22. The smallest absolute Gasteiger partial charge is 0.251 e. The number of sulfonamides is 1. The number of benzene rings is 1. The Bertz CT molecular complexity index is 1070. The van der Waals surface area contributed by atoms with E-state index in [1.54, 1.807) is 18.2 Å². The number of amides is 1. The zero-order chi connectivity index (χ0) is 18.3. The third kappa shape index (κ3) is 3.03. The number of nitrogens with zero attached hydrogens (tertiary/aromatic N) is 3. The predicted octanol–water partition coefficient (Wildman–Crippen LogP) is 1.59. The van der Waals surface area contributed by atoms with Crippen molar-refractivity contribution in [2.24, 2.45) is 0 Å². The van der Waals surface area contributed by atoms with Gasteiger partial charge in [-0.2, -0.15) is 0 Å². The van der Waals surface area contributed by atoms with Crippen LogP contribution < -0.4 is 9.62 Å². The van der Waals surface area contributed by atoms with Crippen molar-refractivity contribution < 1.29 is 13.2 Å². The molecule has 0 unspecified atom stereocenters. The minimum absolute atomic E-state index is 0.206. The molecule has 4 rings (SSSR count). The highest BCUT2D eigenvalue weighted by Gasteiger charge is 2.26. The lowest BCUT2D eigenvalue weighted by atomic mass is 10.1. The Labute approximate surface area is 151 Å². The van der Waals surface area contributed by atoms with Gasteiger partial charge >= 0.3 is 0 Å². The fraction of sp³-hybridized carbons (Fsp3) is 0.222. The number of pyridine rings is 1. The van der Waals surface area contributed by atoms with Gasteiger partial charge in [0.1, 0.15) is 5.65 Å². The van der Waals surface area contributed by atoms with Crippen molar-refractivity contribution in [3.8, 4) is 0 Å². The third-order valence-electron chi connectivity index (χ3n) is 4.44. The van der Waals surface area contributed by atoms with Gasteiger partial charge in [-0.15, -0.1) is 0 Å². The van der Waals surface area contributed by atoms with E-state index in [0.29, 0.717) is 30.8 Å². The predicted molar refractivity (Wildman–Crippen MR) is 98.7 cm³/mol. The number of carbonyl (C=O) groups is 1. The van der Waals surface area contributed by atoms with E-state index in [0.717, 1.165) is 16.9 Å². The highest BCUT2D eigenvalue weighted by Crippen LogP contribution is 2.30. The van der Waals surface area contributed by atoms with E-state index in [2.05, 4.69) is 10.3 Å². The second-order valence-corrected chi connectivity index (χ2v) is 8.22. The molecule has 1 aliphatic heterocycles. The molecule has 3 heterocycles. The molecule has 0 saturated heterocycles. The SMILES string of the molecule is CS(=O)(=O)N1CCc2cc(C(=O)NCc3cn4ccccc4n3)ccc21. The summed E-state index contributed by atoms with van der Waals surface area (Å²) in [6.07, 6.45) is 5.58. The lowest BCUT2D eigenvalue weighted by Gasteiger charge is -2.16. The molecule has 2 aromatic heterocycles. The molecule has 0 bridgehead atoms. The first kappa shape index (κ1) is 16.6. The summed E-state index contributed by atoms with van der Waals surface area (Å²) < 4.78 is 26.8. The van der Waals surface area contributed by atoms with Crippen molar-refractivity contribution in [2.75, 3.05) is 17.1 Å². The first-order chi connectivity index (χ1) is 12.4. The normalized spacial score (nSPS) is 13.8. The number of aromatic nitrogens is 2. The molecular formula is C18H18N4O3S. The number of rotatable bonds is 4. The van der Waals surface area contributed by atoms with Crippen molar-refractivity contribution in [1.29, 1.82) is 0 Å². The number of carbonyl (C=O) groups excluding carboxylic acids is 1. The van der Waals surface area contributed by atoms with Gasteiger partial charge in [-0.05, 0) is 42.3 Å². The van der Waals surface area contributed by atoms with Gasteiger partial charge in [-0.3, -0.25) is 9.10 Å². The second-order valence-electron chi connectivity index (χ2n) is 6.31. The molecule has 8 heteroatoms. The van der Waals surface area contributed by atoms with Crippen LogP contribution in [0, 0.1) is 0 Å². The van der Waals surface area contributed by atoms with E-state index < -0.39 is 10.0 Å². The molecule has 134 valence electrons. The summed E-state index contributed by atoms with van der Waals surface area (Å²) in [6, 6.07) is 10.8. The molecule has 1 aromatic carbocycles. The molecule has 0 aliphatic carbocycles. The lowest BCUT2D eigenvalue weighted by Crippen LogP contribution is -2.27. The lowest BCUT2D eigenvalue weighted by molar-refractivity contribution is 0.0950. The van der Waals surface area contributed by atoms with Crippen LogP contribution in [0.25, 0.3) is 5.65 Å². The maximum Gasteiger partial charge on any atom is 0.251 e. The monoisotopic (exact) mass is 370 g/mol. The van der Waals surface area contributed by atoms with E-state index in [1.807, 2.05) is 35.0 Å². The quantitative estimate of drug-likeness (QED) is 0.756. The molecule has 0 saturated carbocycles. The van der Waals surface area contributed by atoms with E-state index in [1.165, 1.54) is 10.6 Å². The molecule has 3 aromatic rings. The van der Waals surface area contributed by atoms with Gasteiger partial charge in [0.15, 0.2) is 0 Å². The second kappa shape index (κ2) is 6.14. The fourth-order valence-electron chi connectivity index (χ4n) is 3.20. The minimum Gasteiger partial charge on any atom is -0.346 e. The summed E-state index contributed by atoms with van der Waals surface area (Å²) in [5.41, 5.74) is 3.65. The van der Waals surface area contributed by atoms with Gasteiger partial charge < -0.3 is 9.72 Å². The molecule has 0 atom stereocenters. The molecule has 26 heavy (non-hydrogen) atoms. The van der Waals surface area contributed by atoms with E-state index >= 15 is 0 Å². The van der Waals surface area contributed by atoms with Gasteiger partial charge in [-0.1, -0.05) is 6.07 Å². The van der Waals surface area contributed by atoms with Crippen LogP contribution in [0.4, 0.5) is 5.69 Å². The number of hydrogen-bond acceptors (Lipinski definition) is 4. The first-order valence-electron chi connectivity index (χ1n) is 8.23. The van der Waals surface area contributed by atoms with Gasteiger partial charge in [0, 0.05) is 24.5 Å². The van der Waals surface area contributed by atoms with Crippen molar-refractivity contribution in [2.45, 2.75) is 13.0 Å². The molecule has 7 nitrogen and oxygen atoms in total. The van der Waals surface area contributed by atoms with E-state index in [9.17, 15) is 13.2 Å². The molecule has 1 aliphatic rings. The Morgan fingerprint density at radius 3 is 2.88 bits per heavy atom. The Kier molecular flexibility index (Phi) is 3.91. The topological polar surface area (TPSA) is 83.8 Å². The van der Waals surface area contributed by atoms with Gasteiger partial charge in [-0.25, -0.2) is 13.4 Å². The van der Waals surface area contributed by atoms with Gasteiger partial charge in [0.25, 0.3) is 5.91 Å². The molecule has 1 amide bonds.